The smallest absolute Gasteiger partial charge is 0.325 e. The molecule has 5 rings (SSSR count). The summed E-state index contributed by atoms with van der Waals surface area (Å²) in [6.07, 6.45) is 2.01. The number of nitrogens with zero attached hydrogens (tertiary/aromatic N) is 5. The first-order valence-electron chi connectivity index (χ1n) is 12.1. The van der Waals surface area contributed by atoms with Gasteiger partial charge in [0.05, 0.1) is 36.8 Å². The van der Waals surface area contributed by atoms with Crippen LogP contribution in [0.15, 0.2) is 72.9 Å². The van der Waals surface area contributed by atoms with E-state index in [1.807, 2.05) is 104 Å². The van der Waals surface area contributed by atoms with Crippen molar-refractivity contribution >= 4 is 17.7 Å². The van der Waals surface area contributed by atoms with Crippen LogP contribution in [-0.4, -0.2) is 59.0 Å². The summed E-state index contributed by atoms with van der Waals surface area (Å²) in [6.45, 7) is 2.05. The summed E-state index contributed by atoms with van der Waals surface area (Å²) in [5.41, 5.74) is 5.63. The van der Waals surface area contributed by atoms with Crippen LogP contribution in [0.2, 0.25) is 0 Å². The van der Waals surface area contributed by atoms with E-state index in [9.17, 15) is 9.59 Å². The molecule has 0 radical (unpaired) electrons. The number of rotatable bonds is 5. The van der Waals surface area contributed by atoms with Gasteiger partial charge in [-0.25, -0.2) is 9.48 Å². The number of aromatic nitrogens is 3. The van der Waals surface area contributed by atoms with Crippen LogP contribution in [0.25, 0.3) is 11.5 Å². The highest BCUT2D eigenvalue weighted by Gasteiger charge is 2.36. The maximum Gasteiger partial charge on any atom is 0.325 e. The summed E-state index contributed by atoms with van der Waals surface area (Å²) < 4.78 is 8.78. The first kappa shape index (κ1) is 24.2. The molecule has 190 valence electrons. The van der Waals surface area contributed by atoms with E-state index in [0.717, 1.165) is 39.7 Å². The topological polar surface area (TPSA) is 84.6 Å². The molecule has 1 unspecified atom stereocenters. The summed E-state index contributed by atoms with van der Waals surface area (Å²) >= 11 is 0. The number of hydrogen-bond donors (Lipinski definition) is 1. The van der Waals surface area contributed by atoms with Crippen molar-refractivity contribution in [2.45, 2.75) is 19.5 Å². The zero-order valence-corrected chi connectivity index (χ0v) is 21.4. The van der Waals surface area contributed by atoms with Gasteiger partial charge in [0.25, 0.3) is 0 Å². The Morgan fingerprint density at radius 3 is 2.46 bits per heavy atom. The number of hydrogen-bond acceptors (Lipinski definition) is 5. The number of urea groups is 1. The van der Waals surface area contributed by atoms with Gasteiger partial charge in [0, 0.05) is 31.5 Å². The third-order valence-corrected chi connectivity index (χ3v) is 6.68. The van der Waals surface area contributed by atoms with Crippen molar-refractivity contribution in [1.82, 2.24) is 24.6 Å². The first-order chi connectivity index (χ1) is 17.9. The molecule has 2 aromatic heterocycles. The van der Waals surface area contributed by atoms with E-state index in [-0.39, 0.29) is 12.6 Å². The number of benzene rings is 2. The number of carbonyl (C=O) groups is 2. The van der Waals surface area contributed by atoms with Crippen LogP contribution in [-0.2, 0) is 16.1 Å². The van der Waals surface area contributed by atoms with Crippen LogP contribution in [0.3, 0.4) is 0 Å². The van der Waals surface area contributed by atoms with Gasteiger partial charge in [-0.3, -0.25) is 4.79 Å². The summed E-state index contributed by atoms with van der Waals surface area (Å²) in [5.74, 6) is 0.383. The van der Waals surface area contributed by atoms with Crippen molar-refractivity contribution in [3.63, 3.8) is 0 Å². The van der Waals surface area contributed by atoms with E-state index in [1.54, 1.807) is 4.90 Å². The fraction of sp³-hybridized carbons (Fsp3) is 0.250. The molecule has 1 aliphatic rings. The van der Waals surface area contributed by atoms with Crippen molar-refractivity contribution in [1.29, 1.82) is 0 Å². The lowest BCUT2D eigenvalue weighted by molar-refractivity contribution is -0.139. The zero-order valence-electron chi connectivity index (χ0n) is 21.4. The Balaban J connectivity index is 1.67. The van der Waals surface area contributed by atoms with Crippen LogP contribution in [0.4, 0.5) is 10.5 Å². The number of fused-ring (bicyclic) bond motifs is 3. The van der Waals surface area contributed by atoms with E-state index < -0.39 is 12.0 Å². The maximum absolute atomic E-state index is 13.6. The molecule has 1 atom stereocenters. The molecule has 3 heterocycles. The average Bonchev–Trinajstić information content (AvgIpc) is 3.48. The molecule has 4 aromatic rings. The number of esters is 1. The van der Waals surface area contributed by atoms with Crippen LogP contribution >= 0.6 is 0 Å². The molecule has 2 aromatic carbocycles. The van der Waals surface area contributed by atoms with Gasteiger partial charge in [-0.05, 0) is 48.9 Å². The highest BCUT2D eigenvalue weighted by atomic mass is 16.5. The Labute approximate surface area is 215 Å². The summed E-state index contributed by atoms with van der Waals surface area (Å²) in [4.78, 5) is 29.2. The number of carbonyl (C=O) groups excluding carboxylic acids is 2. The maximum atomic E-state index is 13.6. The molecule has 9 nitrogen and oxygen atoms in total. The van der Waals surface area contributed by atoms with Gasteiger partial charge in [0.2, 0.25) is 0 Å². The molecule has 0 aliphatic carbocycles. The first-order valence-corrected chi connectivity index (χ1v) is 12.1. The molecule has 0 saturated heterocycles. The number of amides is 2. The Hall–Kier alpha value is -4.53. The molecule has 0 spiro atoms. The minimum absolute atomic E-state index is 0.214. The normalized spacial score (nSPS) is 14.4. The van der Waals surface area contributed by atoms with Gasteiger partial charge >= 0.3 is 12.0 Å². The fourth-order valence-corrected chi connectivity index (χ4v) is 4.78. The molecular formula is C28H30N6O3. The second kappa shape index (κ2) is 9.85. The third-order valence-electron chi connectivity index (χ3n) is 6.68. The average molecular weight is 499 g/mol. The largest absolute Gasteiger partial charge is 0.468 e. The van der Waals surface area contributed by atoms with Gasteiger partial charge in [-0.1, -0.05) is 30.3 Å². The monoisotopic (exact) mass is 498 g/mol. The minimum atomic E-state index is -0.507. The quantitative estimate of drug-likeness (QED) is 0.423. The van der Waals surface area contributed by atoms with E-state index in [0.29, 0.717) is 6.54 Å². The van der Waals surface area contributed by atoms with Gasteiger partial charge in [-0.15, -0.1) is 0 Å². The SMILES string of the molecule is COC(=O)CNC(=O)N1Cc2c(C)nn(-c3ccccc3)c2-n2cccc2C1c1ccc(N(C)C)cc1. The third kappa shape index (κ3) is 4.44. The molecular weight excluding hydrogens is 468 g/mol. The summed E-state index contributed by atoms with van der Waals surface area (Å²) in [6, 6.07) is 21.4. The second-order valence-corrected chi connectivity index (χ2v) is 9.19. The van der Waals surface area contributed by atoms with Crippen molar-refractivity contribution in [3.05, 3.63) is 95.4 Å². The van der Waals surface area contributed by atoms with Gasteiger partial charge in [0.15, 0.2) is 0 Å². The Bertz CT molecular complexity index is 1420. The Kier molecular flexibility index (Phi) is 6.43. The van der Waals surface area contributed by atoms with Gasteiger partial charge in [-0.2, -0.15) is 5.10 Å². The summed E-state index contributed by atoms with van der Waals surface area (Å²) in [5, 5.41) is 7.59. The predicted molar refractivity (Wildman–Crippen MR) is 141 cm³/mol. The van der Waals surface area contributed by atoms with Crippen LogP contribution in [0, 0.1) is 6.92 Å². The van der Waals surface area contributed by atoms with Crippen LogP contribution < -0.4 is 10.2 Å². The van der Waals surface area contributed by atoms with E-state index >= 15 is 0 Å². The van der Waals surface area contributed by atoms with Gasteiger partial charge < -0.3 is 24.4 Å². The molecule has 2 amide bonds. The van der Waals surface area contributed by atoms with E-state index in [4.69, 9.17) is 9.84 Å². The lowest BCUT2D eigenvalue weighted by atomic mass is 10.0. The lowest BCUT2D eigenvalue weighted by Crippen LogP contribution is -2.44. The molecule has 0 bridgehead atoms. The molecule has 1 aliphatic heterocycles. The van der Waals surface area contributed by atoms with Crippen molar-refractivity contribution in [2.75, 3.05) is 32.6 Å². The Morgan fingerprint density at radius 1 is 1.05 bits per heavy atom. The highest BCUT2D eigenvalue weighted by molar-refractivity contribution is 5.81. The molecule has 0 fully saturated rings. The van der Waals surface area contributed by atoms with Crippen LogP contribution in [0.5, 0.6) is 0 Å². The molecule has 9 heteroatoms. The molecule has 0 saturated carbocycles. The minimum Gasteiger partial charge on any atom is -0.468 e. The van der Waals surface area contributed by atoms with Crippen molar-refractivity contribution < 1.29 is 14.3 Å². The standard InChI is InChI=1S/C28H30N6O3/c1-19-23-18-33(28(36)29-17-25(35)37-4)26(20-12-14-21(15-13-20)31(2)3)24-11-8-16-32(24)27(23)34(30-19)22-9-6-5-7-10-22/h5-16,26H,17-18H2,1-4H3,(H,29,36). The number of nitrogens with one attached hydrogen (secondary N) is 1. The van der Waals surface area contributed by atoms with Crippen molar-refractivity contribution in [3.8, 4) is 11.5 Å². The number of methoxy groups -OCH3 is 1. The molecule has 37 heavy (non-hydrogen) atoms. The predicted octanol–water partition coefficient (Wildman–Crippen LogP) is 3.83. The summed E-state index contributed by atoms with van der Waals surface area (Å²) in [7, 11) is 5.29. The van der Waals surface area contributed by atoms with E-state index in [1.165, 1.54) is 7.11 Å². The van der Waals surface area contributed by atoms with E-state index in [2.05, 4.69) is 9.88 Å². The Morgan fingerprint density at radius 2 is 1.78 bits per heavy atom. The number of aryl methyl sites for hydroxylation is 1. The fourth-order valence-electron chi connectivity index (χ4n) is 4.78. The second-order valence-electron chi connectivity index (χ2n) is 9.19. The zero-order chi connectivity index (χ0) is 26.1. The number of anilines is 1. The van der Waals surface area contributed by atoms with Crippen LogP contribution in [0.1, 0.15) is 28.6 Å². The van der Waals surface area contributed by atoms with Crippen molar-refractivity contribution in [2.24, 2.45) is 0 Å². The number of para-hydroxylation sites is 1. The molecule has 1 N–H and O–H groups in total. The number of ether oxygens (including phenoxy) is 1. The highest BCUT2D eigenvalue weighted by Crippen LogP contribution is 2.38. The lowest BCUT2D eigenvalue weighted by Gasteiger charge is -2.31. The van der Waals surface area contributed by atoms with Gasteiger partial charge in [0.1, 0.15) is 12.4 Å².